The van der Waals surface area contributed by atoms with Crippen LogP contribution in [0.4, 0.5) is 11.5 Å². The predicted molar refractivity (Wildman–Crippen MR) is 94.6 cm³/mol. The highest BCUT2D eigenvalue weighted by Crippen LogP contribution is 2.22. The Kier molecular flexibility index (Phi) is 4.87. The lowest BCUT2D eigenvalue weighted by Gasteiger charge is -2.21. The molecule has 0 fully saturated rings. The van der Waals surface area contributed by atoms with E-state index in [1.165, 1.54) is 18.3 Å². The van der Waals surface area contributed by atoms with Crippen LogP contribution < -0.4 is 10.0 Å². The van der Waals surface area contributed by atoms with Crippen LogP contribution in [0.3, 0.4) is 0 Å². The molecule has 0 saturated heterocycles. The Labute approximate surface area is 142 Å². The summed E-state index contributed by atoms with van der Waals surface area (Å²) in [4.78, 5) is 4.38. The summed E-state index contributed by atoms with van der Waals surface area (Å²) in [6, 6.07) is 7.98. The Hall–Kier alpha value is -1.79. The Morgan fingerprint density at radius 2 is 1.83 bits per heavy atom. The second-order valence-electron chi connectivity index (χ2n) is 6.32. The van der Waals surface area contributed by atoms with E-state index in [9.17, 15) is 8.42 Å². The first-order chi connectivity index (χ1) is 10.6. The predicted octanol–water partition coefficient (Wildman–Crippen LogP) is 4.05. The third kappa shape index (κ3) is 4.84. The summed E-state index contributed by atoms with van der Waals surface area (Å²) < 4.78 is 27.3. The molecule has 0 unspecified atom stereocenters. The summed E-state index contributed by atoms with van der Waals surface area (Å²) in [5.74, 6) is 0.683. The molecule has 1 aromatic carbocycles. The minimum atomic E-state index is -3.67. The van der Waals surface area contributed by atoms with Crippen molar-refractivity contribution in [3.8, 4) is 0 Å². The van der Waals surface area contributed by atoms with E-state index in [1.807, 2.05) is 20.8 Å². The lowest BCUT2D eigenvalue weighted by atomic mass is 10.1. The molecule has 1 aromatic heterocycles. The Morgan fingerprint density at radius 1 is 1.13 bits per heavy atom. The smallest absolute Gasteiger partial charge is 0.261 e. The van der Waals surface area contributed by atoms with E-state index in [0.717, 1.165) is 0 Å². The minimum absolute atomic E-state index is 0.116. The van der Waals surface area contributed by atoms with Gasteiger partial charge in [0.2, 0.25) is 0 Å². The summed E-state index contributed by atoms with van der Waals surface area (Å²) in [7, 11) is -3.67. The maximum atomic E-state index is 12.4. The summed E-state index contributed by atoms with van der Waals surface area (Å²) in [6.45, 7) is 7.83. The molecule has 2 aromatic rings. The number of nitrogens with zero attached hydrogens (tertiary/aromatic N) is 1. The Morgan fingerprint density at radius 3 is 2.35 bits per heavy atom. The quantitative estimate of drug-likeness (QED) is 0.869. The van der Waals surface area contributed by atoms with Gasteiger partial charge in [-0.05, 0) is 63.6 Å². The first-order valence-electron chi connectivity index (χ1n) is 7.10. The summed E-state index contributed by atoms with van der Waals surface area (Å²) in [6.07, 6.45) is 1.48. The second-order valence-corrected chi connectivity index (χ2v) is 8.41. The van der Waals surface area contributed by atoms with Crippen molar-refractivity contribution in [3.05, 3.63) is 47.1 Å². The lowest BCUT2D eigenvalue weighted by Crippen LogP contribution is -2.26. The maximum Gasteiger partial charge on any atom is 0.261 e. The van der Waals surface area contributed by atoms with Crippen molar-refractivity contribution in [2.75, 3.05) is 10.0 Å². The first kappa shape index (κ1) is 17.6. The van der Waals surface area contributed by atoms with Crippen LogP contribution in [0.2, 0.25) is 5.02 Å². The van der Waals surface area contributed by atoms with Gasteiger partial charge in [0.05, 0.1) is 16.8 Å². The van der Waals surface area contributed by atoms with Gasteiger partial charge in [0.15, 0.2) is 0 Å². The Balaban J connectivity index is 2.19. The van der Waals surface area contributed by atoms with Gasteiger partial charge in [-0.25, -0.2) is 13.4 Å². The largest absolute Gasteiger partial charge is 0.365 e. The fraction of sp³-hybridized carbons (Fsp3) is 0.312. The van der Waals surface area contributed by atoms with Crippen molar-refractivity contribution in [2.45, 2.75) is 38.1 Å². The molecule has 5 nitrogen and oxygen atoms in total. The molecule has 0 amide bonds. The first-order valence-corrected chi connectivity index (χ1v) is 8.96. The normalized spacial score (nSPS) is 12.0. The number of benzene rings is 1. The molecule has 2 N–H and O–H groups in total. The van der Waals surface area contributed by atoms with E-state index < -0.39 is 10.0 Å². The number of halogens is 1. The van der Waals surface area contributed by atoms with Crippen molar-refractivity contribution in [1.29, 1.82) is 0 Å². The van der Waals surface area contributed by atoms with Crippen LogP contribution in [-0.4, -0.2) is 18.9 Å². The highest BCUT2D eigenvalue weighted by molar-refractivity contribution is 7.92. The van der Waals surface area contributed by atoms with Gasteiger partial charge in [-0.3, -0.25) is 4.72 Å². The summed E-state index contributed by atoms with van der Waals surface area (Å²) >= 11 is 5.93. The molecule has 0 aliphatic carbocycles. The van der Waals surface area contributed by atoms with Crippen LogP contribution in [0.25, 0.3) is 0 Å². The number of aryl methyl sites for hydroxylation is 1. The molecule has 124 valence electrons. The van der Waals surface area contributed by atoms with Crippen molar-refractivity contribution in [1.82, 2.24) is 4.98 Å². The minimum Gasteiger partial charge on any atom is -0.365 e. The topological polar surface area (TPSA) is 71.1 Å². The monoisotopic (exact) mass is 353 g/mol. The van der Waals surface area contributed by atoms with E-state index in [-0.39, 0.29) is 10.4 Å². The van der Waals surface area contributed by atoms with Crippen LogP contribution in [0, 0.1) is 6.92 Å². The van der Waals surface area contributed by atoms with Gasteiger partial charge in [-0.2, -0.15) is 0 Å². The SMILES string of the molecule is Cc1cc(S(=O)(=O)Nc2ccc(NC(C)(C)C)nc2)ccc1Cl. The number of hydrogen-bond acceptors (Lipinski definition) is 4. The van der Waals surface area contributed by atoms with Gasteiger partial charge in [-0.15, -0.1) is 0 Å². The number of sulfonamides is 1. The molecule has 0 saturated carbocycles. The zero-order valence-corrected chi connectivity index (χ0v) is 15.1. The number of nitrogens with one attached hydrogen (secondary N) is 2. The molecule has 0 spiro atoms. The molecule has 0 bridgehead atoms. The number of aromatic nitrogens is 1. The number of rotatable bonds is 4. The van der Waals surface area contributed by atoms with E-state index in [4.69, 9.17) is 11.6 Å². The van der Waals surface area contributed by atoms with Crippen LogP contribution in [-0.2, 0) is 10.0 Å². The fourth-order valence-corrected chi connectivity index (χ4v) is 3.16. The number of hydrogen-bond donors (Lipinski definition) is 2. The van der Waals surface area contributed by atoms with Gasteiger partial charge >= 0.3 is 0 Å². The molecular formula is C16H20ClN3O2S. The van der Waals surface area contributed by atoms with Crippen molar-refractivity contribution >= 4 is 33.1 Å². The molecule has 2 rings (SSSR count). The number of pyridine rings is 1. The third-order valence-corrected chi connectivity index (χ3v) is 4.76. The molecule has 1 heterocycles. The highest BCUT2D eigenvalue weighted by atomic mass is 35.5. The standard InChI is InChI=1S/C16H20ClN3O2S/c1-11-9-13(6-7-14(11)17)23(21,22)20-12-5-8-15(18-10-12)19-16(2,3)4/h5-10,20H,1-4H3,(H,18,19). The molecular weight excluding hydrogens is 334 g/mol. The molecule has 0 aliphatic rings. The van der Waals surface area contributed by atoms with Gasteiger partial charge in [-0.1, -0.05) is 11.6 Å². The lowest BCUT2D eigenvalue weighted by molar-refractivity contribution is 0.601. The van der Waals surface area contributed by atoms with Gasteiger partial charge < -0.3 is 5.32 Å². The van der Waals surface area contributed by atoms with Crippen LogP contribution in [0.5, 0.6) is 0 Å². The number of anilines is 2. The summed E-state index contributed by atoms with van der Waals surface area (Å²) in [5, 5.41) is 3.74. The van der Waals surface area contributed by atoms with Crippen LogP contribution in [0.15, 0.2) is 41.4 Å². The fourth-order valence-electron chi connectivity index (χ4n) is 1.91. The van der Waals surface area contributed by atoms with E-state index in [1.54, 1.807) is 25.1 Å². The van der Waals surface area contributed by atoms with Gasteiger partial charge in [0.25, 0.3) is 10.0 Å². The molecule has 0 atom stereocenters. The molecule has 0 radical (unpaired) electrons. The second kappa shape index (κ2) is 6.37. The van der Waals surface area contributed by atoms with Crippen molar-refractivity contribution in [3.63, 3.8) is 0 Å². The average molecular weight is 354 g/mol. The summed E-state index contributed by atoms with van der Waals surface area (Å²) in [5.41, 5.74) is 0.990. The van der Waals surface area contributed by atoms with E-state index >= 15 is 0 Å². The van der Waals surface area contributed by atoms with Crippen molar-refractivity contribution in [2.24, 2.45) is 0 Å². The average Bonchev–Trinajstić information content (AvgIpc) is 2.42. The zero-order valence-electron chi connectivity index (χ0n) is 13.5. The van der Waals surface area contributed by atoms with E-state index in [0.29, 0.717) is 22.1 Å². The van der Waals surface area contributed by atoms with E-state index in [2.05, 4.69) is 15.0 Å². The van der Waals surface area contributed by atoms with Crippen LogP contribution >= 0.6 is 11.6 Å². The molecule has 23 heavy (non-hydrogen) atoms. The highest BCUT2D eigenvalue weighted by Gasteiger charge is 2.16. The maximum absolute atomic E-state index is 12.4. The van der Waals surface area contributed by atoms with Crippen molar-refractivity contribution < 1.29 is 8.42 Å². The Bertz CT molecular complexity index is 797. The van der Waals surface area contributed by atoms with Crippen LogP contribution in [0.1, 0.15) is 26.3 Å². The molecule has 7 heteroatoms. The molecule has 0 aliphatic heterocycles. The van der Waals surface area contributed by atoms with Gasteiger partial charge in [0.1, 0.15) is 5.82 Å². The van der Waals surface area contributed by atoms with Gasteiger partial charge in [0, 0.05) is 10.6 Å². The zero-order chi connectivity index (χ0) is 17.3. The third-order valence-electron chi connectivity index (χ3n) is 2.96.